The SMILES string of the molecule is COc1cc(N)ccc1OCc1cccc(C)n1. The Morgan fingerprint density at radius 3 is 2.72 bits per heavy atom. The largest absolute Gasteiger partial charge is 0.493 e. The van der Waals surface area contributed by atoms with Gasteiger partial charge in [-0.2, -0.15) is 0 Å². The Bertz CT molecular complexity index is 541. The zero-order chi connectivity index (χ0) is 13.0. The molecule has 1 heterocycles. The van der Waals surface area contributed by atoms with Crippen molar-refractivity contribution in [3.63, 3.8) is 0 Å². The summed E-state index contributed by atoms with van der Waals surface area (Å²) in [5, 5.41) is 0. The molecule has 2 rings (SSSR count). The summed E-state index contributed by atoms with van der Waals surface area (Å²) in [7, 11) is 1.59. The van der Waals surface area contributed by atoms with Gasteiger partial charge in [-0.05, 0) is 31.2 Å². The average molecular weight is 244 g/mol. The number of benzene rings is 1. The summed E-state index contributed by atoms with van der Waals surface area (Å²) < 4.78 is 10.9. The summed E-state index contributed by atoms with van der Waals surface area (Å²) in [4.78, 5) is 4.37. The first-order valence-corrected chi connectivity index (χ1v) is 5.68. The molecule has 0 unspecified atom stereocenters. The molecule has 0 aliphatic carbocycles. The molecule has 0 spiro atoms. The van der Waals surface area contributed by atoms with Crippen molar-refractivity contribution in [3.05, 3.63) is 47.8 Å². The van der Waals surface area contributed by atoms with Crippen molar-refractivity contribution < 1.29 is 9.47 Å². The van der Waals surface area contributed by atoms with Crippen LogP contribution in [0.25, 0.3) is 0 Å². The van der Waals surface area contributed by atoms with Crippen molar-refractivity contribution in [3.8, 4) is 11.5 Å². The van der Waals surface area contributed by atoms with Gasteiger partial charge in [0, 0.05) is 17.4 Å². The first kappa shape index (κ1) is 12.2. The summed E-state index contributed by atoms with van der Waals surface area (Å²) in [6.45, 7) is 2.36. The zero-order valence-electron chi connectivity index (χ0n) is 10.5. The second-order valence-corrected chi connectivity index (χ2v) is 3.97. The number of aryl methyl sites for hydroxylation is 1. The molecule has 0 saturated carbocycles. The van der Waals surface area contributed by atoms with Gasteiger partial charge in [-0.1, -0.05) is 6.07 Å². The van der Waals surface area contributed by atoms with Gasteiger partial charge in [0.25, 0.3) is 0 Å². The Kier molecular flexibility index (Phi) is 3.67. The topological polar surface area (TPSA) is 57.4 Å². The lowest BCUT2D eigenvalue weighted by Gasteiger charge is -2.11. The summed E-state index contributed by atoms with van der Waals surface area (Å²) in [5.74, 6) is 1.29. The van der Waals surface area contributed by atoms with Crippen molar-refractivity contribution in [2.45, 2.75) is 13.5 Å². The van der Waals surface area contributed by atoms with Crippen molar-refractivity contribution in [2.75, 3.05) is 12.8 Å². The van der Waals surface area contributed by atoms with Crippen LogP contribution in [0.5, 0.6) is 11.5 Å². The van der Waals surface area contributed by atoms with Crippen LogP contribution in [0.1, 0.15) is 11.4 Å². The first-order chi connectivity index (χ1) is 8.69. The van der Waals surface area contributed by atoms with Crippen molar-refractivity contribution in [1.82, 2.24) is 4.98 Å². The lowest BCUT2D eigenvalue weighted by molar-refractivity contribution is 0.280. The quantitative estimate of drug-likeness (QED) is 0.840. The van der Waals surface area contributed by atoms with Crippen LogP contribution in [0.15, 0.2) is 36.4 Å². The zero-order valence-corrected chi connectivity index (χ0v) is 10.5. The number of anilines is 1. The van der Waals surface area contributed by atoms with E-state index >= 15 is 0 Å². The number of methoxy groups -OCH3 is 1. The number of pyridine rings is 1. The van der Waals surface area contributed by atoms with Gasteiger partial charge in [0.2, 0.25) is 0 Å². The summed E-state index contributed by atoms with van der Waals surface area (Å²) in [6, 6.07) is 11.1. The molecule has 2 aromatic rings. The predicted octanol–water partition coefficient (Wildman–Crippen LogP) is 2.56. The van der Waals surface area contributed by atoms with Crippen LogP contribution in [-0.2, 0) is 6.61 Å². The van der Waals surface area contributed by atoms with Gasteiger partial charge in [0.15, 0.2) is 11.5 Å². The molecule has 18 heavy (non-hydrogen) atoms. The predicted molar refractivity (Wildman–Crippen MR) is 70.7 cm³/mol. The van der Waals surface area contributed by atoms with Crippen LogP contribution < -0.4 is 15.2 Å². The number of ether oxygens (including phenoxy) is 2. The van der Waals surface area contributed by atoms with E-state index in [0.717, 1.165) is 11.4 Å². The maximum atomic E-state index is 5.68. The molecule has 0 radical (unpaired) electrons. The van der Waals surface area contributed by atoms with E-state index < -0.39 is 0 Å². The second-order valence-electron chi connectivity index (χ2n) is 3.97. The van der Waals surface area contributed by atoms with Crippen molar-refractivity contribution >= 4 is 5.69 Å². The monoisotopic (exact) mass is 244 g/mol. The normalized spacial score (nSPS) is 10.1. The fourth-order valence-electron chi connectivity index (χ4n) is 1.64. The molecule has 2 N–H and O–H groups in total. The number of nitrogen functional groups attached to an aromatic ring is 1. The number of nitrogens with two attached hydrogens (primary N) is 1. The molecular weight excluding hydrogens is 228 g/mol. The van der Waals surface area contributed by atoms with Gasteiger partial charge in [-0.15, -0.1) is 0 Å². The molecule has 0 atom stereocenters. The van der Waals surface area contributed by atoms with Crippen LogP contribution >= 0.6 is 0 Å². The standard InChI is InChI=1S/C14H16N2O2/c1-10-4-3-5-12(16-10)9-18-13-7-6-11(15)8-14(13)17-2/h3-8H,9,15H2,1-2H3. The van der Waals surface area contributed by atoms with Crippen LogP contribution in [0.2, 0.25) is 0 Å². The van der Waals surface area contributed by atoms with Crippen LogP contribution in [0.4, 0.5) is 5.69 Å². The number of hydrogen-bond donors (Lipinski definition) is 1. The number of nitrogens with zero attached hydrogens (tertiary/aromatic N) is 1. The van der Waals surface area contributed by atoms with Crippen LogP contribution in [0.3, 0.4) is 0 Å². The molecule has 4 heteroatoms. The molecule has 94 valence electrons. The summed E-state index contributed by atoms with van der Waals surface area (Å²) in [6.07, 6.45) is 0. The number of hydrogen-bond acceptors (Lipinski definition) is 4. The van der Waals surface area contributed by atoms with Gasteiger partial charge in [-0.3, -0.25) is 4.98 Å². The lowest BCUT2D eigenvalue weighted by Crippen LogP contribution is -2.01. The molecular formula is C14H16N2O2. The molecule has 0 saturated heterocycles. The molecule has 0 aliphatic rings. The molecule has 0 bridgehead atoms. The molecule has 4 nitrogen and oxygen atoms in total. The van der Waals surface area contributed by atoms with Crippen molar-refractivity contribution in [1.29, 1.82) is 0 Å². The third-order valence-electron chi connectivity index (χ3n) is 2.51. The molecule has 1 aromatic carbocycles. The number of rotatable bonds is 4. The van der Waals surface area contributed by atoms with E-state index in [2.05, 4.69) is 4.98 Å². The molecule has 1 aromatic heterocycles. The van der Waals surface area contributed by atoms with E-state index in [4.69, 9.17) is 15.2 Å². The van der Waals surface area contributed by atoms with Gasteiger partial charge < -0.3 is 15.2 Å². The Morgan fingerprint density at radius 1 is 1.17 bits per heavy atom. The third-order valence-corrected chi connectivity index (χ3v) is 2.51. The van der Waals surface area contributed by atoms with E-state index in [-0.39, 0.29) is 0 Å². The highest BCUT2D eigenvalue weighted by atomic mass is 16.5. The third kappa shape index (κ3) is 2.91. The Labute approximate surface area is 106 Å². The van der Waals surface area contributed by atoms with E-state index in [1.807, 2.05) is 25.1 Å². The maximum absolute atomic E-state index is 5.68. The van der Waals surface area contributed by atoms with E-state index in [0.29, 0.717) is 23.8 Å². The molecule has 0 amide bonds. The molecule has 0 aliphatic heterocycles. The lowest BCUT2D eigenvalue weighted by atomic mass is 10.3. The van der Waals surface area contributed by atoms with E-state index in [9.17, 15) is 0 Å². The summed E-state index contributed by atoms with van der Waals surface area (Å²) in [5.41, 5.74) is 8.18. The second kappa shape index (κ2) is 5.40. The summed E-state index contributed by atoms with van der Waals surface area (Å²) >= 11 is 0. The van der Waals surface area contributed by atoms with Gasteiger partial charge in [-0.25, -0.2) is 0 Å². The highest BCUT2D eigenvalue weighted by molar-refractivity contribution is 5.51. The van der Waals surface area contributed by atoms with Gasteiger partial charge >= 0.3 is 0 Å². The van der Waals surface area contributed by atoms with Gasteiger partial charge in [0.1, 0.15) is 6.61 Å². The highest BCUT2D eigenvalue weighted by Gasteiger charge is 2.05. The van der Waals surface area contributed by atoms with Gasteiger partial charge in [0.05, 0.1) is 12.8 Å². The Hall–Kier alpha value is -2.23. The average Bonchev–Trinajstić information content (AvgIpc) is 2.37. The van der Waals surface area contributed by atoms with E-state index in [1.54, 1.807) is 25.3 Å². The smallest absolute Gasteiger partial charge is 0.162 e. The van der Waals surface area contributed by atoms with Crippen molar-refractivity contribution in [2.24, 2.45) is 0 Å². The molecule has 0 fully saturated rings. The van der Waals surface area contributed by atoms with Crippen LogP contribution in [-0.4, -0.2) is 12.1 Å². The minimum Gasteiger partial charge on any atom is -0.493 e. The minimum absolute atomic E-state index is 0.405. The fourth-order valence-corrected chi connectivity index (χ4v) is 1.64. The minimum atomic E-state index is 0.405. The number of aromatic nitrogens is 1. The van der Waals surface area contributed by atoms with Crippen LogP contribution in [0, 0.1) is 6.92 Å². The first-order valence-electron chi connectivity index (χ1n) is 5.68. The maximum Gasteiger partial charge on any atom is 0.162 e. The Morgan fingerprint density at radius 2 is 2.00 bits per heavy atom. The van der Waals surface area contributed by atoms with E-state index in [1.165, 1.54) is 0 Å². The fraction of sp³-hybridized carbons (Fsp3) is 0.214. The Balaban J connectivity index is 2.10. The highest BCUT2D eigenvalue weighted by Crippen LogP contribution is 2.29.